The molecule has 0 unspecified atom stereocenters. The number of hydrogen-bond donors (Lipinski definition) is 1. The van der Waals surface area contributed by atoms with E-state index in [4.69, 9.17) is 23.2 Å². The molecule has 0 spiro atoms. The van der Waals surface area contributed by atoms with E-state index in [1.165, 1.54) is 18.2 Å². The van der Waals surface area contributed by atoms with Crippen LogP contribution in [0, 0.1) is 13.8 Å². The van der Waals surface area contributed by atoms with Gasteiger partial charge in [0.25, 0.3) is 0 Å². The smallest absolute Gasteiger partial charge is 0.248 e. The molecule has 0 aliphatic carbocycles. The van der Waals surface area contributed by atoms with Crippen molar-refractivity contribution in [2.75, 3.05) is 15.9 Å². The highest BCUT2D eigenvalue weighted by molar-refractivity contribution is 7.92. The number of nitrogens with zero attached hydrogens (tertiary/aromatic N) is 1. The quantitative estimate of drug-likeness (QED) is 0.718. The zero-order valence-corrected chi connectivity index (χ0v) is 17.9. The van der Waals surface area contributed by atoms with Crippen LogP contribution in [-0.4, -0.2) is 26.6 Å². The van der Waals surface area contributed by atoms with Gasteiger partial charge in [-0.05, 0) is 55.7 Å². The first-order valence-corrected chi connectivity index (χ1v) is 11.0. The maximum absolute atomic E-state index is 13.0. The van der Waals surface area contributed by atoms with Crippen molar-refractivity contribution in [2.24, 2.45) is 0 Å². The molecule has 0 heterocycles. The number of carbonyl (C=O) groups is 1. The van der Waals surface area contributed by atoms with Gasteiger partial charge < -0.3 is 5.32 Å². The van der Waals surface area contributed by atoms with Gasteiger partial charge in [0.2, 0.25) is 15.9 Å². The number of halogens is 2. The van der Waals surface area contributed by atoms with Gasteiger partial charge in [-0.15, -0.1) is 0 Å². The molecule has 1 atom stereocenters. The van der Waals surface area contributed by atoms with Gasteiger partial charge in [-0.1, -0.05) is 42.3 Å². The summed E-state index contributed by atoms with van der Waals surface area (Å²) in [7, 11) is -3.76. The first-order valence-electron chi connectivity index (χ1n) is 8.37. The second-order valence-electron chi connectivity index (χ2n) is 6.35. The molecule has 5 nitrogen and oxygen atoms in total. The Morgan fingerprint density at radius 2 is 1.74 bits per heavy atom. The average Bonchev–Trinajstić information content (AvgIpc) is 2.54. The predicted octanol–water partition coefficient (Wildman–Crippen LogP) is 4.79. The van der Waals surface area contributed by atoms with Crippen LogP contribution in [0.5, 0.6) is 0 Å². The third-order valence-electron chi connectivity index (χ3n) is 4.29. The molecule has 0 aromatic heterocycles. The number of benzene rings is 2. The van der Waals surface area contributed by atoms with Crippen molar-refractivity contribution in [3.8, 4) is 0 Å². The van der Waals surface area contributed by atoms with Crippen molar-refractivity contribution < 1.29 is 13.2 Å². The van der Waals surface area contributed by atoms with E-state index in [1.807, 2.05) is 26.0 Å². The van der Waals surface area contributed by atoms with E-state index in [0.717, 1.165) is 21.7 Å². The SMILES string of the molecule is CC[C@@H](C(=O)Nc1cccc(C)c1C)N(c1cc(Cl)cc(Cl)c1)S(C)(=O)=O. The Labute approximate surface area is 170 Å². The first kappa shape index (κ1) is 21.5. The van der Waals surface area contributed by atoms with Crippen LogP contribution < -0.4 is 9.62 Å². The van der Waals surface area contributed by atoms with Crippen molar-refractivity contribution in [1.29, 1.82) is 0 Å². The summed E-state index contributed by atoms with van der Waals surface area (Å²) < 4.78 is 26.0. The molecule has 0 radical (unpaired) electrons. The largest absolute Gasteiger partial charge is 0.324 e. The molecule has 2 aromatic carbocycles. The lowest BCUT2D eigenvalue weighted by Gasteiger charge is -2.30. The molecular weight excluding hydrogens is 407 g/mol. The highest BCUT2D eigenvalue weighted by Crippen LogP contribution is 2.30. The lowest BCUT2D eigenvalue weighted by molar-refractivity contribution is -0.117. The lowest BCUT2D eigenvalue weighted by atomic mass is 10.1. The summed E-state index contributed by atoms with van der Waals surface area (Å²) in [6.07, 6.45) is 1.32. The lowest BCUT2D eigenvalue weighted by Crippen LogP contribution is -2.47. The van der Waals surface area contributed by atoms with Crippen LogP contribution in [0.25, 0.3) is 0 Å². The van der Waals surface area contributed by atoms with E-state index >= 15 is 0 Å². The number of rotatable bonds is 6. The number of amides is 1. The van der Waals surface area contributed by atoms with Crippen molar-refractivity contribution in [3.63, 3.8) is 0 Å². The number of aryl methyl sites for hydroxylation is 1. The number of anilines is 2. The Morgan fingerprint density at radius 1 is 1.15 bits per heavy atom. The molecule has 146 valence electrons. The summed E-state index contributed by atoms with van der Waals surface area (Å²) in [5.41, 5.74) is 2.86. The number of sulfonamides is 1. The zero-order chi connectivity index (χ0) is 20.4. The fraction of sp³-hybridized carbons (Fsp3) is 0.316. The van der Waals surface area contributed by atoms with Crippen molar-refractivity contribution in [3.05, 3.63) is 57.6 Å². The second kappa shape index (κ2) is 8.50. The summed E-state index contributed by atoms with van der Waals surface area (Å²) in [5, 5.41) is 3.42. The standard InChI is InChI=1S/C19H22Cl2N2O3S/c1-5-18(19(24)22-17-8-6-7-12(2)13(17)3)23(27(4,25)26)16-10-14(20)9-15(21)11-16/h6-11,18H,5H2,1-4H3,(H,22,24)/t18-/m0/s1. The number of nitrogens with one attached hydrogen (secondary N) is 1. The van der Waals surface area contributed by atoms with E-state index in [0.29, 0.717) is 5.69 Å². The average molecular weight is 429 g/mol. The van der Waals surface area contributed by atoms with E-state index < -0.39 is 22.0 Å². The fourth-order valence-corrected chi connectivity index (χ4v) is 4.54. The van der Waals surface area contributed by atoms with Gasteiger partial charge >= 0.3 is 0 Å². The number of carbonyl (C=O) groups excluding carboxylic acids is 1. The predicted molar refractivity (Wildman–Crippen MR) is 112 cm³/mol. The Morgan fingerprint density at radius 3 is 2.26 bits per heavy atom. The first-order chi connectivity index (χ1) is 12.5. The van der Waals surface area contributed by atoms with Crippen LogP contribution in [0.1, 0.15) is 24.5 Å². The summed E-state index contributed by atoms with van der Waals surface area (Å²) in [6, 6.07) is 9.07. The van der Waals surface area contributed by atoms with Gasteiger partial charge in [0.05, 0.1) is 11.9 Å². The van der Waals surface area contributed by atoms with Gasteiger partial charge in [-0.2, -0.15) is 0 Å². The van der Waals surface area contributed by atoms with Crippen LogP contribution in [-0.2, 0) is 14.8 Å². The summed E-state index contributed by atoms with van der Waals surface area (Å²) in [6.45, 7) is 5.59. The molecule has 1 amide bonds. The summed E-state index contributed by atoms with van der Waals surface area (Å²) in [5.74, 6) is -0.423. The van der Waals surface area contributed by atoms with Crippen LogP contribution in [0.3, 0.4) is 0 Å². The molecule has 2 aromatic rings. The van der Waals surface area contributed by atoms with Gasteiger partial charge in [0.1, 0.15) is 6.04 Å². The third kappa shape index (κ3) is 5.15. The van der Waals surface area contributed by atoms with E-state index in [2.05, 4.69) is 5.32 Å². The Balaban J connectivity index is 2.46. The molecule has 2 rings (SSSR count). The molecule has 0 saturated heterocycles. The van der Waals surface area contributed by atoms with E-state index in [1.54, 1.807) is 13.0 Å². The van der Waals surface area contributed by atoms with Crippen molar-refractivity contribution in [1.82, 2.24) is 0 Å². The van der Waals surface area contributed by atoms with Gasteiger partial charge in [0.15, 0.2) is 0 Å². The topological polar surface area (TPSA) is 66.5 Å². The molecule has 0 saturated carbocycles. The maximum atomic E-state index is 13.0. The normalized spacial score (nSPS) is 12.5. The zero-order valence-electron chi connectivity index (χ0n) is 15.6. The molecule has 0 aliphatic rings. The monoisotopic (exact) mass is 428 g/mol. The Hall–Kier alpha value is -1.76. The molecular formula is C19H22Cl2N2O3S. The minimum absolute atomic E-state index is 0.248. The Bertz CT molecular complexity index is 941. The highest BCUT2D eigenvalue weighted by Gasteiger charge is 2.32. The summed E-state index contributed by atoms with van der Waals surface area (Å²) >= 11 is 12.1. The van der Waals surface area contributed by atoms with Crippen LogP contribution in [0.2, 0.25) is 10.0 Å². The third-order valence-corrected chi connectivity index (χ3v) is 5.91. The summed E-state index contributed by atoms with van der Waals surface area (Å²) in [4.78, 5) is 13.0. The van der Waals surface area contributed by atoms with Crippen molar-refractivity contribution >= 4 is 50.5 Å². The van der Waals surface area contributed by atoms with Gasteiger partial charge in [-0.3, -0.25) is 9.10 Å². The van der Waals surface area contributed by atoms with E-state index in [-0.39, 0.29) is 22.2 Å². The van der Waals surface area contributed by atoms with E-state index in [9.17, 15) is 13.2 Å². The molecule has 8 heteroatoms. The minimum Gasteiger partial charge on any atom is -0.324 e. The maximum Gasteiger partial charge on any atom is 0.248 e. The van der Waals surface area contributed by atoms with Gasteiger partial charge in [0, 0.05) is 15.7 Å². The fourth-order valence-electron chi connectivity index (χ4n) is 2.83. The molecule has 1 N–H and O–H groups in total. The second-order valence-corrected chi connectivity index (χ2v) is 9.08. The highest BCUT2D eigenvalue weighted by atomic mass is 35.5. The molecule has 0 fully saturated rings. The van der Waals surface area contributed by atoms with Crippen LogP contribution in [0.15, 0.2) is 36.4 Å². The van der Waals surface area contributed by atoms with Gasteiger partial charge in [-0.25, -0.2) is 8.42 Å². The molecule has 0 aliphatic heterocycles. The van der Waals surface area contributed by atoms with Crippen LogP contribution >= 0.6 is 23.2 Å². The number of hydrogen-bond acceptors (Lipinski definition) is 3. The van der Waals surface area contributed by atoms with Crippen LogP contribution in [0.4, 0.5) is 11.4 Å². The molecule has 27 heavy (non-hydrogen) atoms. The minimum atomic E-state index is -3.76. The molecule has 0 bridgehead atoms. The van der Waals surface area contributed by atoms with Crippen molar-refractivity contribution in [2.45, 2.75) is 33.2 Å². The Kier molecular flexibility index (Phi) is 6.78.